The van der Waals surface area contributed by atoms with Crippen LogP contribution in [0.3, 0.4) is 0 Å². The molecule has 0 saturated carbocycles. The van der Waals surface area contributed by atoms with Crippen molar-refractivity contribution in [3.8, 4) is 11.3 Å². The zero-order valence-corrected chi connectivity index (χ0v) is 15.9. The Hall–Kier alpha value is -2.83. The van der Waals surface area contributed by atoms with Crippen molar-refractivity contribution < 1.29 is 35.6 Å². The average Bonchev–Trinajstić information content (AvgIpc) is 3.03. The summed E-state index contributed by atoms with van der Waals surface area (Å²) in [5, 5.41) is 2.64. The Morgan fingerprint density at radius 1 is 1.06 bits per heavy atom. The van der Waals surface area contributed by atoms with Crippen LogP contribution < -0.4 is 5.32 Å². The molecule has 0 radical (unpaired) electrons. The van der Waals surface area contributed by atoms with E-state index in [0.717, 1.165) is 18.5 Å². The standard InChI is InChI=1S/C18H16F7N5O/c1-9-2-3-14(30(9)25)15(31)27-5-10-4-13(26-8-12(10)17(19,20)21)11-6-28-16(29-7-11)18(22,23)24/h4,6-9,14H,2-3,5H2,1H3,(H,27,31). The molecule has 1 aliphatic heterocycles. The Bertz CT molecular complexity index is 946. The highest BCUT2D eigenvalue weighted by Crippen LogP contribution is 2.34. The second-order valence-electron chi connectivity index (χ2n) is 7.02. The molecule has 0 bridgehead atoms. The quantitative estimate of drug-likeness (QED) is 0.564. The van der Waals surface area contributed by atoms with E-state index >= 15 is 0 Å². The molecule has 1 fully saturated rings. The third kappa shape index (κ3) is 5.09. The first kappa shape index (κ1) is 22.8. The number of aromatic nitrogens is 3. The largest absolute Gasteiger partial charge is 0.451 e. The first-order valence-electron chi connectivity index (χ1n) is 9.05. The summed E-state index contributed by atoms with van der Waals surface area (Å²) in [6, 6.07) is -0.609. The Kier molecular flexibility index (Phi) is 6.16. The van der Waals surface area contributed by atoms with Crippen molar-refractivity contribution in [2.45, 2.75) is 50.7 Å². The third-order valence-electron chi connectivity index (χ3n) is 4.83. The fraction of sp³-hybridized carbons (Fsp3) is 0.444. The van der Waals surface area contributed by atoms with Gasteiger partial charge in [0.25, 0.3) is 0 Å². The molecule has 3 heterocycles. The van der Waals surface area contributed by atoms with E-state index < -0.39 is 48.3 Å². The lowest BCUT2D eigenvalue weighted by atomic mass is 10.1. The molecule has 1 aliphatic rings. The molecule has 3 rings (SSSR count). The monoisotopic (exact) mass is 451 g/mol. The Morgan fingerprint density at radius 2 is 1.71 bits per heavy atom. The lowest BCUT2D eigenvalue weighted by Gasteiger charge is -2.19. The lowest BCUT2D eigenvalue weighted by Crippen LogP contribution is -2.41. The predicted molar refractivity (Wildman–Crippen MR) is 92.5 cm³/mol. The average molecular weight is 451 g/mol. The van der Waals surface area contributed by atoms with E-state index in [-0.39, 0.29) is 23.2 Å². The molecule has 1 amide bonds. The Balaban J connectivity index is 1.85. The topological polar surface area (TPSA) is 71.0 Å². The zero-order chi connectivity index (χ0) is 23.0. The van der Waals surface area contributed by atoms with Gasteiger partial charge in [-0.2, -0.15) is 26.3 Å². The number of hydrogen-bond donors (Lipinski definition) is 1. The first-order valence-corrected chi connectivity index (χ1v) is 9.05. The second-order valence-corrected chi connectivity index (χ2v) is 7.02. The minimum absolute atomic E-state index is 0.0474. The Labute approximate surface area is 171 Å². The van der Waals surface area contributed by atoms with Crippen LogP contribution in [0.5, 0.6) is 0 Å². The first-order chi connectivity index (χ1) is 14.4. The van der Waals surface area contributed by atoms with Gasteiger partial charge in [-0.05, 0) is 31.4 Å². The van der Waals surface area contributed by atoms with E-state index in [9.17, 15) is 35.6 Å². The summed E-state index contributed by atoms with van der Waals surface area (Å²) in [5.41, 5.74) is -1.69. The summed E-state index contributed by atoms with van der Waals surface area (Å²) in [6.45, 7) is 1.000. The van der Waals surface area contributed by atoms with Crippen molar-refractivity contribution in [2.75, 3.05) is 0 Å². The molecule has 13 heteroatoms. The lowest BCUT2D eigenvalue weighted by molar-refractivity contribution is -0.145. The summed E-state index contributed by atoms with van der Waals surface area (Å²) >= 11 is 0. The van der Waals surface area contributed by atoms with Crippen molar-refractivity contribution in [3.05, 3.63) is 41.6 Å². The van der Waals surface area contributed by atoms with Crippen LogP contribution in [0.25, 0.3) is 11.3 Å². The number of halogens is 7. The molecule has 31 heavy (non-hydrogen) atoms. The molecule has 1 N–H and O–H groups in total. The fourth-order valence-electron chi connectivity index (χ4n) is 3.16. The minimum Gasteiger partial charge on any atom is -0.351 e. The summed E-state index contributed by atoms with van der Waals surface area (Å²) in [7, 11) is 0. The highest BCUT2D eigenvalue weighted by atomic mass is 19.4. The molecule has 168 valence electrons. The van der Waals surface area contributed by atoms with Crippen LogP contribution in [-0.2, 0) is 23.7 Å². The number of carbonyl (C=O) groups is 1. The normalized spacial score (nSPS) is 20.1. The van der Waals surface area contributed by atoms with E-state index in [1.54, 1.807) is 6.92 Å². The molecule has 0 spiro atoms. The van der Waals surface area contributed by atoms with Crippen molar-refractivity contribution in [1.29, 1.82) is 0 Å². The highest BCUT2D eigenvalue weighted by Gasteiger charge is 2.38. The Morgan fingerprint density at radius 3 is 2.23 bits per heavy atom. The van der Waals surface area contributed by atoms with E-state index in [4.69, 9.17) is 0 Å². The maximum absolute atomic E-state index is 13.9. The van der Waals surface area contributed by atoms with E-state index in [1.165, 1.54) is 0 Å². The summed E-state index contributed by atoms with van der Waals surface area (Å²) in [4.78, 5) is 22.1. The van der Waals surface area contributed by atoms with Gasteiger partial charge in [0.2, 0.25) is 11.7 Å². The van der Waals surface area contributed by atoms with Crippen LogP contribution in [-0.4, -0.2) is 38.1 Å². The molecule has 0 aliphatic carbocycles. The fourth-order valence-corrected chi connectivity index (χ4v) is 3.16. The molecule has 2 aromatic heterocycles. The van der Waals surface area contributed by atoms with Crippen LogP contribution in [0.15, 0.2) is 24.7 Å². The van der Waals surface area contributed by atoms with Gasteiger partial charge in [-0.15, -0.1) is 9.60 Å². The molecule has 2 unspecified atom stereocenters. The number of hydrogen-bond acceptors (Lipinski definition) is 5. The molecule has 0 aromatic carbocycles. The van der Waals surface area contributed by atoms with Gasteiger partial charge in [0.1, 0.15) is 6.04 Å². The molecule has 2 aromatic rings. The summed E-state index contributed by atoms with van der Waals surface area (Å²) in [6.07, 6.45) is -6.84. The van der Waals surface area contributed by atoms with Gasteiger partial charge in [0, 0.05) is 36.7 Å². The second kappa shape index (κ2) is 8.36. The summed E-state index contributed by atoms with van der Waals surface area (Å²) < 4.78 is 91.7. The SMILES string of the molecule is CC1CCC(C(=O)NCc2cc(-c3cnc(C(F)(F)F)nc3)ncc2C(F)(F)F)N1F. The van der Waals surface area contributed by atoms with Crippen molar-refractivity contribution in [3.63, 3.8) is 0 Å². The summed E-state index contributed by atoms with van der Waals surface area (Å²) in [5.74, 6) is -2.17. The van der Waals surface area contributed by atoms with Gasteiger partial charge in [-0.25, -0.2) is 9.97 Å². The van der Waals surface area contributed by atoms with Gasteiger partial charge in [0.05, 0.1) is 11.3 Å². The van der Waals surface area contributed by atoms with Crippen molar-refractivity contribution in [2.24, 2.45) is 0 Å². The van der Waals surface area contributed by atoms with Gasteiger partial charge in [0.15, 0.2) is 0 Å². The number of nitrogens with zero attached hydrogens (tertiary/aromatic N) is 4. The van der Waals surface area contributed by atoms with Gasteiger partial charge in [-0.3, -0.25) is 9.78 Å². The maximum Gasteiger partial charge on any atom is 0.451 e. The number of rotatable bonds is 4. The highest BCUT2D eigenvalue weighted by molar-refractivity contribution is 5.82. The smallest absolute Gasteiger partial charge is 0.351 e. The minimum atomic E-state index is -4.80. The molecular weight excluding hydrogens is 435 g/mol. The molecule has 1 saturated heterocycles. The number of carbonyl (C=O) groups excluding carboxylic acids is 1. The maximum atomic E-state index is 13.9. The third-order valence-corrected chi connectivity index (χ3v) is 4.83. The van der Waals surface area contributed by atoms with Crippen LogP contribution >= 0.6 is 0 Å². The van der Waals surface area contributed by atoms with E-state index in [2.05, 4.69) is 20.3 Å². The van der Waals surface area contributed by atoms with E-state index in [1.807, 2.05) is 0 Å². The number of pyridine rings is 1. The van der Waals surface area contributed by atoms with Crippen LogP contribution in [0, 0.1) is 0 Å². The van der Waals surface area contributed by atoms with Crippen LogP contribution in [0.4, 0.5) is 30.8 Å². The molecule has 2 atom stereocenters. The van der Waals surface area contributed by atoms with Crippen LogP contribution in [0.2, 0.25) is 0 Å². The van der Waals surface area contributed by atoms with E-state index in [0.29, 0.717) is 17.7 Å². The number of amides is 1. The molecule has 6 nitrogen and oxygen atoms in total. The number of alkyl halides is 6. The van der Waals surface area contributed by atoms with Gasteiger partial charge >= 0.3 is 12.4 Å². The van der Waals surface area contributed by atoms with Gasteiger partial charge in [-0.1, -0.05) is 0 Å². The zero-order valence-electron chi connectivity index (χ0n) is 15.9. The predicted octanol–water partition coefficient (Wildman–Crippen LogP) is 3.93. The van der Waals surface area contributed by atoms with Crippen molar-refractivity contribution >= 4 is 5.91 Å². The van der Waals surface area contributed by atoms with Crippen LogP contribution in [0.1, 0.15) is 36.7 Å². The number of nitrogens with one attached hydrogen (secondary N) is 1. The van der Waals surface area contributed by atoms with Crippen molar-refractivity contribution in [1.82, 2.24) is 25.4 Å². The van der Waals surface area contributed by atoms with Gasteiger partial charge < -0.3 is 5.32 Å². The molecular formula is C18H16F7N5O.